The van der Waals surface area contributed by atoms with Crippen molar-refractivity contribution < 1.29 is 9.59 Å². The van der Waals surface area contributed by atoms with E-state index in [0.717, 1.165) is 38.5 Å². The Bertz CT molecular complexity index is 302. The predicted molar refractivity (Wildman–Crippen MR) is 69.8 cm³/mol. The van der Waals surface area contributed by atoms with E-state index >= 15 is 0 Å². The second-order valence-electron chi connectivity index (χ2n) is 5.07. The van der Waals surface area contributed by atoms with Gasteiger partial charge < -0.3 is 0 Å². The molecule has 0 N–H and O–H groups in total. The van der Waals surface area contributed by atoms with Crippen LogP contribution in [-0.2, 0) is 9.59 Å². The molecule has 1 aliphatic rings. The lowest BCUT2D eigenvalue weighted by molar-refractivity contribution is 0.215. The first-order valence-corrected chi connectivity index (χ1v) is 6.90. The Hall–Kier alpha value is -1.24. The summed E-state index contributed by atoms with van der Waals surface area (Å²) in [6, 6.07) is 0.246. The van der Waals surface area contributed by atoms with Crippen LogP contribution < -0.4 is 0 Å². The molecular formula is C14H22N2O2. The molecule has 0 aromatic rings. The summed E-state index contributed by atoms with van der Waals surface area (Å²) in [5.74, 6) is 0.982. The molecule has 0 radical (unpaired) electrons. The van der Waals surface area contributed by atoms with E-state index in [1.165, 1.54) is 0 Å². The van der Waals surface area contributed by atoms with E-state index in [1.807, 2.05) is 0 Å². The molecule has 2 unspecified atom stereocenters. The zero-order valence-corrected chi connectivity index (χ0v) is 11.3. The van der Waals surface area contributed by atoms with Crippen molar-refractivity contribution in [1.82, 2.24) is 0 Å². The normalized spacial score (nSPS) is 26.6. The van der Waals surface area contributed by atoms with Crippen molar-refractivity contribution in [3.8, 4) is 0 Å². The minimum Gasteiger partial charge on any atom is -0.211 e. The molecule has 1 aliphatic carbocycles. The largest absolute Gasteiger partial charge is 0.235 e. The maximum atomic E-state index is 10.4. The lowest BCUT2D eigenvalue weighted by atomic mass is 9.75. The van der Waals surface area contributed by atoms with Gasteiger partial charge in [0.15, 0.2) is 0 Å². The van der Waals surface area contributed by atoms with Crippen molar-refractivity contribution in [3.05, 3.63) is 0 Å². The third-order valence-electron chi connectivity index (χ3n) is 4.18. The first-order valence-electron chi connectivity index (χ1n) is 6.90. The van der Waals surface area contributed by atoms with E-state index < -0.39 is 0 Å². The molecule has 2 atom stereocenters. The van der Waals surface area contributed by atoms with Crippen LogP contribution in [0.3, 0.4) is 0 Å². The van der Waals surface area contributed by atoms with Gasteiger partial charge in [0.25, 0.3) is 0 Å². The Balaban J connectivity index is 2.54. The van der Waals surface area contributed by atoms with E-state index in [9.17, 15) is 9.59 Å². The summed E-state index contributed by atoms with van der Waals surface area (Å²) in [4.78, 5) is 28.5. The van der Waals surface area contributed by atoms with Crippen molar-refractivity contribution in [3.63, 3.8) is 0 Å². The lowest BCUT2D eigenvalue weighted by Crippen LogP contribution is -2.28. The molecule has 0 aliphatic heterocycles. The van der Waals surface area contributed by atoms with Gasteiger partial charge in [-0.25, -0.2) is 19.6 Å². The number of nitrogens with zero attached hydrogens (tertiary/aromatic N) is 2. The predicted octanol–water partition coefficient (Wildman–Crippen LogP) is 3.02. The fraction of sp³-hybridized carbons (Fsp3) is 0.857. The summed E-state index contributed by atoms with van der Waals surface area (Å²) < 4.78 is 0. The first-order chi connectivity index (χ1) is 8.76. The van der Waals surface area contributed by atoms with E-state index in [0.29, 0.717) is 11.8 Å². The molecule has 0 amide bonds. The molecule has 0 saturated heterocycles. The van der Waals surface area contributed by atoms with Crippen molar-refractivity contribution >= 4 is 12.2 Å². The van der Waals surface area contributed by atoms with Gasteiger partial charge in [-0.3, -0.25) is 0 Å². The summed E-state index contributed by atoms with van der Waals surface area (Å²) in [6.07, 6.45) is 9.44. The Morgan fingerprint density at radius 3 is 1.44 bits per heavy atom. The molecule has 4 nitrogen and oxygen atoms in total. The maximum Gasteiger partial charge on any atom is 0.235 e. The highest BCUT2D eigenvalue weighted by atomic mass is 16.1. The number of aliphatic imine (C=N–C) groups is 2. The fourth-order valence-corrected chi connectivity index (χ4v) is 3.11. The minimum absolute atomic E-state index is 0.123. The number of carbonyl (C=O) groups excluding carboxylic acids is 2. The van der Waals surface area contributed by atoms with Crippen LogP contribution in [0, 0.1) is 11.8 Å². The molecular weight excluding hydrogens is 228 g/mol. The molecule has 18 heavy (non-hydrogen) atoms. The highest BCUT2D eigenvalue weighted by Crippen LogP contribution is 2.35. The average molecular weight is 250 g/mol. The summed E-state index contributed by atoms with van der Waals surface area (Å²) in [7, 11) is 0. The Labute approximate surface area is 109 Å². The number of rotatable bonds is 6. The van der Waals surface area contributed by atoms with E-state index in [2.05, 4.69) is 23.8 Å². The molecule has 100 valence electrons. The van der Waals surface area contributed by atoms with Crippen LogP contribution in [0.1, 0.15) is 52.4 Å². The molecule has 1 rings (SSSR count). The van der Waals surface area contributed by atoms with Gasteiger partial charge in [-0.2, -0.15) is 0 Å². The fourth-order valence-electron chi connectivity index (χ4n) is 3.11. The van der Waals surface area contributed by atoms with Gasteiger partial charge in [-0.15, -0.1) is 0 Å². The van der Waals surface area contributed by atoms with Crippen LogP contribution in [0.4, 0.5) is 0 Å². The number of isocyanates is 2. The van der Waals surface area contributed by atoms with Crippen molar-refractivity contribution in [1.29, 1.82) is 0 Å². The summed E-state index contributed by atoms with van der Waals surface area (Å²) in [5, 5.41) is 0. The smallest absolute Gasteiger partial charge is 0.211 e. The van der Waals surface area contributed by atoms with E-state index in [4.69, 9.17) is 0 Å². The monoisotopic (exact) mass is 250 g/mol. The molecule has 4 heteroatoms. The summed E-state index contributed by atoms with van der Waals surface area (Å²) in [5.41, 5.74) is 0. The molecule has 0 bridgehead atoms. The SMILES string of the molecule is CCC(N=C=O)C1CCC(C(CC)N=C=O)CC1. The average Bonchev–Trinajstić information content (AvgIpc) is 2.42. The standard InChI is InChI=1S/C14H22N2O2/c1-3-13(15-9-17)11-5-7-12(8-6-11)14(4-2)16-10-18/h11-14H,3-8H2,1-2H3. The molecule has 0 aromatic carbocycles. The third-order valence-corrected chi connectivity index (χ3v) is 4.18. The van der Waals surface area contributed by atoms with Crippen LogP contribution in [0.15, 0.2) is 9.98 Å². The Morgan fingerprint density at radius 1 is 0.889 bits per heavy atom. The van der Waals surface area contributed by atoms with Gasteiger partial charge in [0.05, 0.1) is 12.1 Å². The van der Waals surface area contributed by atoms with Crippen LogP contribution in [0.25, 0.3) is 0 Å². The van der Waals surface area contributed by atoms with Crippen molar-refractivity contribution in [2.45, 2.75) is 64.5 Å². The zero-order chi connectivity index (χ0) is 13.4. The summed E-state index contributed by atoms with van der Waals surface area (Å²) >= 11 is 0. The van der Waals surface area contributed by atoms with E-state index in [-0.39, 0.29) is 12.1 Å². The summed E-state index contributed by atoms with van der Waals surface area (Å²) in [6.45, 7) is 4.12. The Kier molecular flexibility index (Phi) is 6.56. The van der Waals surface area contributed by atoms with Crippen molar-refractivity contribution in [2.24, 2.45) is 21.8 Å². The zero-order valence-electron chi connectivity index (χ0n) is 11.3. The quantitative estimate of drug-likeness (QED) is 0.537. The molecule has 0 spiro atoms. The van der Waals surface area contributed by atoms with Gasteiger partial charge in [0.2, 0.25) is 12.2 Å². The third kappa shape index (κ3) is 3.90. The van der Waals surface area contributed by atoms with Crippen LogP contribution >= 0.6 is 0 Å². The highest BCUT2D eigenvalue weighted by Gasteiger charge is 2.30. The maximum absolute atomic E-state index is 10.4. The molecule has 1 saturated carbocycles. The van der Waals surface area contributed by atoms with Gasteiger partial charge in [-0.05, 0) is 50.4 Å². The Morgan fingerprint density at radius 2 is 1.22 bits per heavy atom. The molecule has 0 heterocycles. The van der Waals surface area contributed by atoms with Gasteiger partial charge in [0, 0.05) is 0 Å². The van der Waals surface area contributed by atoms with Crippen LogP contribution in [-0.4, -0.2) is 24.2 Å². The topological polar surface area (TPSA) is 58.9 Å². The number of hydrogen-bond acceptors (Lipinski definition) is 4. The number of hydrogen-bond donors (Lipinski definition) is 0. The van der Waals surface area contributed by atoms with Crippen molar-refractivity contribution in [2.75, 3.05) is 0 Å². The van der Waals surface area contributed by atoms with Gasteiger partial charge >= 0.3 is 0 Å². The van der Waals surface area contributed by atoms with Crippen LogP contribution in [0.2, 0.25) is 0 Å². The molecule has 0 aromatic heterocycles. The van der Waals surface area contributed by atoms with E-state index in [1.54, 1.807) is 12.2 Å². The van der Waals surface area contributed by atoms with Crippen LogP contribution in [0.5, 0.6) is 0 Å². The minimum atomic E-state index is 0.123. The van der Waals surface area contributed by atoms with Gasteiger partial charge in [0.1, 0.15) is 0 Å². The highest BCUT2D eigenvalue weighted by molar-refractivity contribution is 5.34. The molecule has 1 fully saturated rings. The second-order valence-corrected chi connectivity index (χ2v) is 5.07. The van der Waals surface area contributed by atoms with Gasteiger partial charge in [-0.1, -0.05) is 13.8 Å². The second kappa shape index (κ2) is 7.97. The lowest BCUT2D eigenvalue weighted by Gasteiger charge is -2.33. The first kappa shape index (κ1) is 14.8.